The van der Waals surface area contributed by atoms with Gasteiger partial charge in [0.2, 0.25) is 5.91 Å². The molecule has 0 bridgehead atoms. The van der Waals surface area contributed by atoms with Crippen LogP contribution in [0.3, 0.4) is 0 Å². The van der Waals surface area contributed by atoms with Crippen LogP contribution in [0.2, 0.25) is 0 Å². The van der Waals surface area contributed by atoms with Crippen LogP contribution in [0.4, 0.5) is 0 Å². The van der Waals surface area contributed by atoms with E-state index in [0.717, 1.165) is 45.4 Å². The summed E-state index contributed by atoms with van der Waals surface area (Å²) in [5.74, 6) is -2.60. The van der Waals surface area contributed by atoms with Gasteiger partial charge < -0.3 is 38.8 Å². The van der Waals surface area contributed by atoms with E-state index in [1.54, 1.807) is 25.9 Å². The van der Waals surface area contributed by atoms with Gasteiger partial charge >= 0.3 is 5.97 Å². The molecule has 272 valence electrons. The number of Topliss-reactive ketones (excluding diaryl/α,β-unsaturated/α-hetero) is 1. The Bertz CT molecular complexity index is 1010. The molecule has 12 heteroatoms. The van der Waals surface area contributed by atoms with Crippen molar-refractivity contribution in [3.63, 3.8) is 0 Å². The summed E-state index contributed by atoms with van der Waals surface area (Å²) in [6.45, 7) is 14.0. The molecule has 0 spiro atoms. The topological polar surface area (TPSA) is 121 Å². The Kier molecular flexibility index (Phi) is 15.5. The first-order chi connectivity index (χ1) is 22.2. The van der Waals surface area contributed by atoms with Gasteiger partial charge in [-0.15, -0.1) is 0 Å². The number of ketones is 1. The van der Waals surface area contributed by atoms with Crippen molar-refractivity contribution in [1.29, 1.82) is 0 Å². The van der Waals surface area contributed by atoms with Crippen LogP contribution in [0.5, 0.6) is 0 Å². The van der Waals surface area contributed by atoms with Gasteiger partial charge in [-0.1, -0.05) is 20.3 Å². The molecule has 0 aromatic carbocycles. The summed E-state index contributed by atoms with van der Waals surface area (Å²) >= 11 is 0. The molecular weight excluding hydrogens is 604 g/mol. The largest absolute Gasteiger partial charge is 0.463 e. The molecule has 1 unspecified atom stereocenters. The number of amides is 1. The summed E-state index contributed by atoms with van der Waals surface area (Å²) in [5, 5.41) is 11.3. The summed E-state index contributed by atoms with van der Waals surface area (Å²) in [6.07, 6.45) is 2.48. The molecule has 9 atom stereocenters. The number of carbonyl (C=O) groups is 3. The van der Waals surface area contributed by atoms with Gasteiger partial charge in [0, 0.05) is 32.2 Å². The van der Waals surface area contributed by atoms with Gasteiger partial charge in [-0.25, -0.2) is 0 Å². The Morgan fingerprint density at radius 1 is 1.02 bits per heavy atom. The Labute approximate surface area is 283 Å². The third kappa shape index (κ3) is 11.2. The summed E-state index contributed by atoms with van der Waals surface area (Å²) < 4.78 is 24.5. The Morgan fingerprint density at radius 3 is 2.34 bits per heavy atom. The first-order valence-electron chi connectivity index (χ1n) is 17.8. The highest BCUT2D eigenvalue weighted by Gasteiger charge is 2.48. The van der Waals surface area contributed by atoms with Crippen molar-refractivity contribution in [1.82, 2.24) is 19.6 Å². The minimum atomic E-state index is -1.06. The van der Waals surface area contributed by atoms with Crippen LogP contribution < -0.4 is 0 Å². The number of likely N-dealkylation sites (N-methyl/N-ethyl adjacent to an activating group) is 1. The molecule has 3 heterocycles. The zero-order chi connectivity index (χ0) is 34.9. The van der Waals surface area contributed by atoms with Crippen LogP contribution >= 0.6 is 0 Å². The summed E-state index contributed by atoms with van der Waals surface area (Å²) in [6, 6.07) is -0.188. The average Bonchev–Trinajstić information content (AvgIpc) is 3.02. The van der Waals surface area contributed by atoms with Gasteiger partial charge in [0.15, 0.2) is 12.1 Å². The Morgan fingerprint density at radius 2 is 1.70 bits per heavy atom. The lowest BCUT2D eigenvalue weighted by Gasteiger charge is -2.46. The number of rotatable bonds is 6. The van der Waals surface area contributed by atoms with Crippen LogP contribution in [-0.2, 0) is 33.3 Å². The van der Waals surface area contributed by atoms with Crippen LogP contribution in [0, 0.1) is 17.8 Å². The fourth-order valence-electron chi connectivity index (χ4n) is 7.63. The number of nitrogens with zero attached hydrogens (tertiary/aromatic N) is 4. The van der Waals surface area contributed by atoms with Crippen molar-refractivity contribution in [2.24, 2.45) is 17.8 Å². The van der Waals surface area contributed by atoms with Crippen LogP contribution in [0.25, 0.3) is 0 Å². The zero-order valence-electron chi connectivity index (χ0n) is 30.6. The fraction of sp³-hybridized carbons (Fsp3) is 0.914. The second-order valence-electron chi connectivity index (χ2n) is 14.9. The van der Waals surface area contributed by atoms with Crippen molar-refractivity contribution in [3.8, 4) is 0 Å². The average molecular weight is 669 g/mol. The van der Waals surface area contributed by atoms with Gasteiger partial charge in [-0.3, -0.25) is 19.3 Å². The highest BCUT2D eigenvalue weighted by molar-refractivity contribution is 6.00. The molecular formula is C35H64N4O8. The first-order valence-corrected chi connectivity index (χ1v) is 17.8. The minimum Gasteiger partial charge on any atom is -0.463 e. The van der Waals surface area contributed by atoms with E-state index in [4.69, 9.17) is 18.9 Å². The lowest BCUT2D eigenvalue weighted by molar-refractivity contribution is -0.295. The van der Waals surface area contributed by atoms with Gasteiger partial charge in [-0.2, -0.15) is 0 Å². The van der Waals surface area contributed by atoms with E-state index in [-0.39, 0.29) is 42.9 Å². The second kappa shape index (κ2) is 18.4. The van der Waals surface area contributed by atoms with Crippen LogP contribution in [-0.4, -0.2) is 159 Å². The third-order valence-corrected chi connectivity index (χ3v) is 10.4. The number of piperidine rings is 1. The quantitative estimate of drug-likeness (QED) is 0.332. The third-order valence-electron chi connectivity index (χ3n) is 10.4. The number of hydrogen-bond acceptors (Lipinski definition) is 11. The van der Waals surface area contributed by atoms with Crippen molar-refractivity contribution in [3.05, 3.63) is 0 Å². The van der Waals surface area contributed by atoms with Crippen molar-refractivity contribution < 1.29 is 38.4 Å². The number of aliphatic hydroxyl groups excluding tert-OH is 1. The lowest BCUT2D eigenvalue weighted by atomic mass is 9.78. The van der Waals surface area contributed by atoms with Gasteiger partial charge in [-0.05, 0) is 99.6 Å². The smallest absolute Gasteiger partial charge is 0.316 e. The molecule has 12 nitrogen and oxygen atoms in total. The van der Waals surface area contributed by atoms with Crippen LogP contribution in [0.15, 0.2) is 0 Å². The molecule has 47 heavy (non-hydrogen) atoms. The van der Waals surface area contributed by atoms with E-state index in [1.807, 2.05) is 32.8 Å². The standard InChI is InChI=1S/C35H64N4O8/c1-24-21-35(5,44-9)32(47-34-31(42)28(36(6)7)20-25(2)46-34)26(3)30(41)27(4)33(43)45-19-18-39(17-13-14-37(8)22-24)29(40)23-38-15-11-10-12-16-38/h24-28,31-32,34,42H,10-23H2,1-9H3/t24-,25-,26+,27?,28+,31-,32-,34+,35-/m1/s1. The van der Waals surface area contributed by atoms with Gasteiger partial charge in [0.25, 0.3) is 0 Å². The highest BCUT2D eigenvalue weighted by Crippen LogP contribution is 2.36. The molecule has 3 saturated heterocycles. The van der Waals surface area contributed by atoms with E-state index < -0.39 is 41.9 Å². The fourth-order valence-corrected chi connectivity index (χ4v) is 7.63. The number of ether oxygens (including phenoxy) is 4. The molecule has 3 aliphatic rings. The van der Waals surface area contributed by atoms with Crippen LogP contribution in [0.1, 0.15) is 73.1 Å². The van der Waals surface area contributed by atoms with Gasteiger partial charge in [0.1, 0.15) is 18.6 Å². The second-order valence-corrected chi connectivity index (χ2v) is 14.9. The first kappa shape index (κ1) is 39.8. The Hall–Kier alpha value is -1.67. The van der Waals surface area contributed by atoms with Crippen molar-refractivity contribution in [2.75, 3.05) is 80.7 Å². The van der Waals surface area contributed by atoms with Crippen molar-refractivity contribution in [2.45, 2.75) is 109 Å². The number of esters is 1. The van der Waals surface area contributed by atoms with E-state index in [0.29, 0.717) is 25.9 Å². The number of aliphatic hydroxyl groups is 1. The molecule has 0 aromatic heterocycles. The number of hydrogen-bond donors (Lipinski definition) is 1. The Balaban J connectivity index is 1.85. The maximum atomic E-state index is 14.0. The molecule has 0 aliphatic carbocycles. The summed E-state index contributed by atoms with van der Waals surface area (Å²) in [4.78, 5) is 48.8. The molecule has 0 aromatic rings. The predicted octanol–water partition coefficient (Wildman–Crippen LogP) is 2.26. The van der Waals surface area contributed by atoms with E-state index >= 15 is 0 Å². The summed E-state index contributed by atoms with van der Waals surface area (Å²) in [5.41, 5.74) is -0.942. The zero-order valence-corrected chi connectivity index (χ0v) is 30.6. The molecule has 3 rings (SSSR count). The number of cyclic esters (lactones) is 1. The van der Waals surface area contributed by atoms with E-state index in [2.05, 4.69) is 23.8 Å². The maximum Gasteiger partial charge on any atom is 0.316 e. The predicted molar refractivity (Wildman–Crippen MR) is 180 cm³/mol. The molecule has 3 fully saturated rings. The number of carbonyl (C=O) groups excluding carboxylic acids is 3. The highest BCUT2D eigenvalue weighted by atomic mass is 16.7. The molecule has 0 radical (unpaired) electrons. The number of likely N-dealkylation sites (tertiary alicyclic amines) is 1. The molecule has 0 saturated carbocycles. The van der Waals surface area contributed by atoms with E-state index in [1.165, 1.54) is 6.42 Å². The summed E-state index contributed by atoms with van der Waals surface area (Å²) in [7, 11) is 7.52. The normalized spacial score (nSPS) is 37.0. The number of methoxy groups -OCH3 is 1. The minimum absolute atomic E-state index is 0.0189. The monoisotopic (exact) mass is 668 g/mol. The van der Waals surface area contributed by atoms with Gasteiger partial charge in [0.05, 0.1) is 30.9 Å². The SMILES string of the molecule is CO[C@]1(C)C[C@@H](C)CN(C)CCCN(C(=O)CN2CCCCC2)CCOC(=O)C(C)C(=O)[C@H](C)[C@H]1O[C@@H]1O[C@H](C)C[C@H](N(C)C)[C@H]1O. The van der Waals surface area contributed by atoms with E-state index in [9.17, 15) is 19.5 Å². The lowest BCUT2D eigenvalue weighted by Crippen LogP contribution is -2.59. The maximum absolute atomic E-state index is 14.0. The molecule has 3 aliphatic heterocycles. The van der Waals surface area contributed by atoms with Crippen molar-refractivity contribution >= 4 is 17.7 Å². The molecule has 1 amide bonds. The molecule has 1 N–H and O–H groups in total.